The van der Waals surface area contributed by atoms with Gasteiger partial charge in [0.25, 0.3) is 5.91 Å². The fourth-order valence-electron chi connectivity index (χ4n) is 1.39. The van der Waals surface area contributed by atoms with Crippen LogP contribution in [-0.4, -0.2) is 12.1 Å². The van der Waals surface area contributed by atoms with E-state index in [1.807, 2.05) is 6.07 Å². The van der Waals surface area contributed by atoms with E-state index in [-0.39, 0.29) is 5.56 Å². The molecule has 5 nitrogen and oxygen atoms in total. The molecule has 0 fully saturated rings. The van der Waals surface area contributed by atoms with Crippen LogP contribution in [0.1, 0.15) is 15.9 Å². The van der Waals surface area contributed by atoms with Crippen molar-refractivity contribution in [3.05, 3.63) is 70.1 Å². The van der Waals surface area contributed by atoms with Crippen LogP contribution in [0.2, 0.25) is 5.02 Å². The van der Waals surface area contributed by atoms with Gasteiger partial charge in [0.05, 0.1) is 6.21 Å². The number of carbonyl (C=O) groups excluding carboxylic acids is 1. The van der Waals surface area contributed by atoms with Crippen LogP contribution in [0.5, 0.6) is 0 Å². The molecule has 0 atom stereocenters. The van der Waals surface area contributed by atoms with Crippen LogP contribution in [0.15, 0.2) is 53.9 Å². The summed E-state index contributed by atoms with van der Waals surface area (Å²) >= 11 is 5.93. The normalized spacial score (nSPS) is 10.6. The third-order valence-electron chi connectivity index (χ3n) is 2.31. The summed E-state index contributed by atoms with van der Waals surface area (Å²) in [6.07, 6.45) is 3.90. The molecule has 1 amide bonds. The maximum absolute atomic E-state index is 11.7. The second kappa shape index (κ2) is 5.97. The van der Waals surface area contributed by atoms with Crippen molar-refractivity contribution in [1.29, 1.82) is 0 Å². The van der Waals surface area contributed by atoms with Gasteiger partial charge in [0.15, 0.2) is 12.4 Å². The van der Waals surface area contributed by atoms with Crippen LogP contribution in [0.4, 0.5) is 0 Å². The van der Waals surface area contributed by atoms with E-state index in [9.17, 15) is 10.0 Å². The molecule has 19 heavy (non-hydrogen) atoms. The number of nitrogens with one attached hydrogen (secondary N) is 1. The zero-order chi connectivity index (χ0) is 13.7. The van der Waals surface area contributed by atoms with Gasteiger partial charge in [-0.2, -0.15) is 9.83 Å². The van der Waals surface area contributed by atoms with Gasteiger partial charge in [0.1, 0.15) is 5.56 Å². The van der Waals surface area contributed by atoms with Gasteiger partial charge in [-0.3, -0.25) is 4.79 Å². The zero-order valence-corrected chi connectivity index (χ0v) is 10.5. The number of halogens is 1. The van der Waals surface area contributed by atoms with Gasteiger partial charge < -0.3 is 5.21 Å². The molecule has 2 rings (SSSR count). The number of carbonyl (C=O) groups is 1. The molecule has 0 unspecified atom stereocenters. The molecule has 1 aromatic heterocycles. The highest BCUT2D eigenvalue weighted by Gasteiger charge is 2.06. The number of hydrogen-bond donors (Lipinski definition) is 1. The number of nitrogens with zero attached hydrogens (tertiary/aromatic N) is 2. The average molecular weight is 276 g/mol. The molecule has 2 aromatic rings. The lowest BCUT2D eigenvalue weighted by molar-refractivity contribution is -0.605. The lowest BCUT2D eigenvalue weighted by Gasteiger charge is -2.00. The molecular formula is C13H10ClN3O2. The molecular weight excluding hydrogens is 266 g/mol. The maximum Gasteiger partial charge on any atom is 0.277 e. The summed E-state index contributed by atoms with van der Waals surface area (Å²) in [5.74, 6) is -0.464. The summed E-state index contributed by atoms with van der Waals surface area (Å²) in [5, 5.41) is 15.3. The Bertz CT molecular complexity index is 629. The van der Waals surface area contributed by atoms with E-state index >= 15 is 0 Å². The Balaban J connectivity index is 2.03. The summed E-state index contributed by atoms with van der Waals surface area (Å²) in [6, 6.07) is 10.1. The van der Waals surface area contributed by atoms with Crippen molar-refractivity contribution < 1.29 is 9.52 Å². The summed E-state index contributed by atoms with van der Waals surface area (Å²) in [6.45, 7) is 0. The van der Waals surface area contributed by atoms with E-state index in [1.165, 1.54) is 30.7 Å². The van der Waals surface area contributed by atoms with Crippen molar-refractivity contribution in [2.45, 2.75) is 0 Å². The summed E-state index contributed by atoms with van der Waals surface area (Å²) in [7, 11) is 0. The van der Waals surface area contributed by atoms with Gasteiger partial charge in [0.2, 0.25) is 0 Å². The number of hydrogen-bond acceptors (Lipinski definition) is 3. The molecule has 1 N–H and O–H groups in total. The Kier molecular flexibility index (Phi) is 4.10. The van der Waals surface area contributed by atoms with E-state index in [2.05, 4.69) is 10.5 Å². The highest BCUT2D eigenvalue weighted by atomic mass is 35.5. The van der Waals surface area contributed by atoms with Crippen molar-refractivity contribution >= 4 is 23.7 Å². The smallest absolute Gasteiger partial charge is 0.277 e. The predicted molar refractivity (Wildman–Crippen MR) is 71.9 cm³/mol. The Morgan fingerprint density at radius 3 is 2.84 bits per heavy atom. The molecule has 1 heterocycles. The first-order valence-electron chi connectivity index (χ1n) is 5.43. The molecule has 0 aliphatic carbocycles. The minimum Gasteiger partial charge on any atom is -0.619 e. The summed E-state index contributed by atoms with van der Waals surface area (Å²) in [4.78, 5) is 11.7. The molecule has 6 heteroatoms. The maximum atomic E-state index is 11.7. The Labute approximate surface area is 114 Å². The first kappa shape index (κ1) is 13.0. The Morgan fingerprint density at radius 2 is 2.11 bits per heavy atom. The Hall–Kier alpha value is -2.40. The lowest BCUT2D eigenvalue weighted by Crippen LogP contribution is -2.28. The third-order valence-corrected chi connectivity index (χ3v) is 2.66. The number of hydrazone groups is 1. The predicted octanol–water partition coefficient (Wildman–Crippen LogP) is 1.74. The second-order valence-electron chi connectivity index (χ2n) is 3.67. The van der Waals surface area contributed by atoms with E-state index in [1.54, 1.807) is 18.2 Å². The highest BCUT2D eigenvalue weighted by molar-refractivity contribution is 6.33. The molecule has 0 saturated carbocycles. The van der Waals surface area contributed by atoms with Crippen LogP contribution in [0, 0.1) is 5.21 Å². The van der Waals surface area contributed by atoms with Gasteiger partial charge in [-0.1, -0.05) is 29.8 Å². The fraction of sp³-hybridized carbons (Fsp3) is 0. The number of pyridine rings is 1. The van der Waals surface area contributed by atoms with Gasteiger partial charge in [-0.05, 0) is 12.1 Å². The molecule has 0 aliphatic heterocycles. The van der Waals surface area contributed by atoms with Crippen molar-refractivity contribution in [1.82, 2.24) is 5.43 Å². The Morgan fingerprint density at radius 1 is 1.32 bits per heavy atom. The number of benzene rings is 1. The monoisotopic (exact) mass is 275 g/mol. The van der Waals surface area contributed by atoms with Gasteiger partial charge in [0, 0.05) is 16.7 Å². The molecule has 96 valence electrons. The first-order chi connectivity index (χ1) is 9.16. The number of amides is 1. The first-order valence-corrected chi connectivity index (χ1v) is 5.81. The standard InChI is InChI=1S/C13H10ClN3O2/c14-12-6-2-1-4-10(12)8-15-16-13(18)11-5-3-7-17(19)9-11/h1-9H,(H,16,18)/b15-8-. The second-order valence-corrected chi connectivity index (χ2v) is 4.08. The molecule has 0 radical (unpaired) electrons. The molecule has 0 saturated heterocycles. The van der Waals surface area contributed by atoms with E-state index in [4.69, 9.17) is 11.6 Å². The fourth-order valence-corrected chi connectivity index (χ4v) is 1.58. The lowest BCUT2D eigenvalue weighted by atomic mass is 10.2. The van der Waals surface area contributed by atoms with Crippen molar-refractivity contribution in [3.63, 3.8) is 0 Å². The number of aromatic nitrogens is 1. The highest BCUT2D eigenvalue weighted by Crippen LogP contribution is 2.11. The topological polar surface area (TPSA) is 68.4 Å². The van der Waals surface area contributed by atoms with Gasteiger partial charge in [-0.25, -0.2) is 5.43 Å². The largest absolute Gasteiger partial charge is 0.619 e. The van der Waals surface area contributed by atoms with Crippen LogP contribution in [0.25, 0.3) is 0 Å². The van der Waals surface area contributed by atoms with Crippen LogP contribution < -0.4 is 10.2 Å². The van der Waals surface area contributed by atoms with Crippen LogP contribution >= 0.6 is 11.6 Å². The van der Waals surface area contributed by atoms with E-state index in [0.29, 0.717) is 15.3 Å². The molecule has 0 spiro atoms. The average Bonchev–Trinajstić information content (AvgIpc) is 2.41. The SMILES string of the molecule is O=C(N/N=C\c1ccccc1Cl)c1ccc[n+]([O-])c1. The van der Waals surface area contributed by atoms with Gasteiger partial charge in [-0.15, -0.1) is 0 Å². The van der Waals surface area contributed by atoms with Crippen molar-refractivity contribution in [3.8, 4) is 0 Å². The van der Waals surface area contributed by atoms with Gasteiger partial charge >= 0.3 is 0 Å². The summed E-state index contributed by atoms with van der Waals surface area (Å²) in [5.41, 5.74) is 3.24. The number of rotatable bonds is 3. The van der Waals surface area contributed by atoms with E-state index < -0.39 is 5.91 Å². The third kappa shape index (κ3) is 3.53. The van der Waals surface area contributed by atoms with Crippen LogP contribution in [-0.2, 0) is 0 Å². The zero-order valence-electron chi connectivity index (χ0n) is 9.79. The quantitative estimate of drug-likeness (QED) is 0.401. The molecule has 0 bridgehead atoms. The minimum atomic E-state index is -0.464. The molecule has 0 aliphatic rings. The van der Waals surface area contributed by atoms with Crippen LogP contribution in [0.3, 0.4) is 0 Å². The van der Waals surface area contributed by atoms with Crippen molar-refractivity contribution in [2.75, 3.05) is 0 Å². The minimum absolute atomic E-state index is 0.230. The summed E-state index contributed by atoms with van der Waals surface area (Å²) < 4.78 is 0.548. The van der Waals surface area contributed by atoms with E-state index in [0.717, 1.165) is 0 Å². The molecule has 1 aromatic carbocycles. The van der Waals surface area contributed by atoms with Crippen molar-refractivity contribution in [2.24, 2.45) is 5.10 Å².